The largest absolute Gasteiger partial charge is 0.508 e. The first-order valence-electron chi connectivity index (χ1n) is 22.7. The Labute approximate surface area is 405 Å². The van der Waals surface area contributed by atoms with Gasteiger partial charge in [-0.2, -0.15) is 0 Å². The van der Waals surface area contributed by atoms with Gasteiger partial charge < -0.3 is 76.5 Å². The molecule has 1 heterocycles. The second-order valence-corrected chi connectivity index (χ2v) is 16.4. The number of hydrogen-bond donors (Lipinski definition) is 14. The molecule has 0 aliphatic rings. The highest BCUT2D eigenvalue weighted by Crippen LogP contribution is 2.15. The van der Waals surface area contributed by atoms with Gasteiger partial charge in [0, 0.05) is 51.7 Å². The van der Waals surface area contributed by atoms with Crippen LogP contribution in [0, 0.1) is 0 Å². The summed E-state index contributed by atoms with van der Waals surface area (Å²) >= 11 is 0. The number of pyridine rings is 1. The molecule has 0 radical (unpaired) electrons. The first-order valence-corrected chi connectivity index (χ1v) is 22.7. The van der Waals surface area contributed by atoms with E-state index in [1.54, 1.807) is 12.1 Å². The number of carbonyl (C=O) groups excluding carboxylic acids is 7. The third-order valence-corrected chi connectivity index (χ3v) is 10.6. The van der Waals surface area contributed by atoms with Crippen molar-refractivity contribution < 1.29 is 43.8 Å². The molecule has 20 N–H and O–H groups in total. The number of carbonyl (C=O) groups is 7. The van der Waals surface area contributed by atoms with Crippen LogP contribution >= 0.6 is 0 Å². The summed E-state index contributed by atoms with van der Waals surface area (Å²) in [6.45, 7) is 1.77. The monoisotopic (exact) mass is 974 g/mol. The fourth-order valence-corrected chi connectivity index (χ4v) is 7.05. The molecule has 3 aromatic rings. The zero-order valence-corrected chi connectivity index (χ0v) is 39.1. The highest BCUT2D eigenvalue weighted by atomic mass is 16.3. The maximum atomic E-state index is 14.6. The number of benzene rings is 2. The fraction of sp³-hybridized carbons (Fsp3) is 0.435. The molecule has 24 heteroatoms. The molecule has 0 bridgehead atoms. The quantitative estimate of drug-likeness (QED) is 0.0182. The van der Waals surface area contributed by atoms with Gasteiger partial charge in [0.2, 0.25) is 41.4 Å². The molecule has 24 nitrogen and oxygen atoms in total. The molecule has 3 rings (SSSR count). The maximum absolute atomic E-state index is 14.6. The predicted octanol–water partition coefficient (Wildman–Crippen LogP) is -2.83. The Kier molecular flexibility index (Phi) is 23.9. The first-order chi connectivity index (χ1) is 33.3. The minimum Gasteiger partial charge on any atom is -0.508 e. The van der Waals surface area contributed by atoms with Gasteiger partial charge in [0.15, 0.2) is 11.9 Å². The van der Waals surface area contributed by atoms with Crippen molar-refractivity contribution in [3.05, 3.63) is 89.7 Å². The number of amides is 7. The number of phenols is 2. The van der Waals surface area contributed by atoms with Crippen molar-refractivity contribution in [1.29, 1.82) is 0 Å². The van der Waals surface area contributed by atoms with Crippen LogP contribution in [-0.2, 0) is 52.8 Å². The Morgan fingerprint density at radius 1 is 0.514 bits per heavy atom. The van der Waals surface area contributed by atoms with Gasteiger partial charge in [-0.15, -0.1) is 0 Å². The molecule has 0 saturated heterocycles. The van der Waals surface area contributed by atoms with E-state index in [4.69, 9.17) is 34.4 Å². The number of phenolic OH excluding ortho intramolecular Hbond substituents is 2. The van der Waals surface area contributed by atoms with Gasteiger partial charge in [0.1, 0.15) is 47.8 Å². The minimum absolute atomic E-state index is 0.0464. The molecule has 0 saturated carbocycles. The molecule has 0 aliphatic heterocycles. The average Bonchev–Trinajstić information content (AvgIpc) is 3.31. The Bertz CT molecular complexity index is 2240. The van der Waals surface area contributed by atoms with Gasteiger partial charge >= 0.3 is 0 Å². The third kappa shape index (κ3) is 21.3. The molecular formula is C46H67N15O9. The van der Waals surface area contributed by atoms with E-state index in [2.05, 4.69) is 46.9 Å². The number of aromatic nitrogens is 1. The highest BCUT2D eigenvalue weighted by molar-refractivity contribution is 5.97. The third-order valence-electron chi connectivity index (χ3n) is 10.6. The summed E-state index contributed by atoms with van der Waals surface area (Å²) in [5.74, 6) is -5.83. The number of rotatable bonds is 30. The smallest absolute Gasteiger partial charge is 0.243 e. The van der Waals surface area contributed by atoms with Gasteiger partial charge in [-0.3, -0.25) is 48.5 Å². The standard InChI is InChI=1S/C46H67N15O9/c1-27(62)56-34(9-5-21-54-45(49)50)40(66)59-37(24-29-13-17-32(64)18-14-29)44(70)61-36(23-28-11-15-31(63)16-12-28)43(69)58-35(10-6-22-55-46(51)52)41(67)60-38(25-30-7-4-20-53-26-30)42(68)57-33(39(48)65)8-2-3-19-47/h4,7,11-18,20,26,33-38,63-64H,2-3,5-6,8-10,19,21-25,47H2,1H3,(H2,48,65)(H,56,62)(H,57,68)(H,58,69)(H,59,66)(H,60,67)(H,61,70)(H4,49,50,54)(H4,51,52,55)/t33-,34-,35-,36-,37-,38-/m0/s1. The second-order valence-electron chi connectivity index (χ2n) is 16.4. The Morgan fingerprint density at radius 3 is 1.29 bits per heavy atom. The van der Waals surface area contributed by atoms with Crippen LogP contribution in [0.15, 0.2) is 83.0 Å². The van der Waals surface area contributed by atoms with E-state index in [0.29, 0.717) is 36.1 Å². The molecule has 6 atom stereocenters. The zero-order chi connectivity index (χ0) is 51.6. The van der Waals surface area contributed by atoms with E-state index in [9.17, 15) is 43.8 Å². The van der Waals surface area contributed by atoms with E-state index >= 15 is 0 Å². The van der Waals surface area contributed by atoms with Crippen LogP contribution in [-0.4, -0.2) is 124 Å². The Balaban J connectivity index is 2.02. The molecule has 380 valence electrons. The first kappa shape index (κ1) is 56.3. The molecule has 0 aliphatic carbocycles. The van der Waals surface area contributed by atoms with Gasteiger partial charge in [-0.1, -0.05) is 30.3 Å². The van der Waals surface area contributed by atoms with Crippen LogP contribution in [0.1, 0.15) is 68.6 Å². The normalized spacial score (nSPS) is 13.3. The summed E-state index contributed by atoms with van der Waals surface area (Å²) in [5, 5.41) is 36.0. The molecular weight excluding hydrogens is 907 g/mol. The van der Waals surface area contributed by atoms with E-state index < -0.39 is 77.6 Å². The Morgan fingerprint density at radius 2 is 0.900 bits per heavy atom. The molecule has 0 spiro atoms. The molecule has 70 heavy (non-hydrogen) atoms. The SMILES string of the molecule is CC(=O)N[C@@H](CCCN=C(N)N)C(=O)N[C@@H](Cc1ccc(O)cc1)C(=O)N[C@@H](Cc1ccc(O)cc1)C(=O)N[C@@H](CCCN=C(N)N)C(=O)N[C@@H](Cc1cccnc1)C(=O)N[C@@H](CCCCN)C(N)=O. The molecule has 1 aromatic heterocycles. The summed E-state index contributed by atoms with van der Waals surface area (Å²) in [6, 6.07) is 7.23. The number of unbranched alkanes of at least 4 members (excludes halogenated alkanes) is 1. The maximum Gasteiger partial charge on any atom is 0.243 e. The average molecular weight is 974 g/mol. The summed E-state index contributed by atoms with van der Waals surface area (Å²) in [4.78, 5) is 108. The topological polar surface area (TPSA) is 426 Å². The van der Waals surface area contributed by atoms with Crippen molar-refractivity contribution in [1.82, 2.24) is 36.9 Å². The van der Waals surface area contributed by atoms with Crippen LogP contribution in [0.5, 0.6) is 11.5 Å². The predicted molar refractivity (Wildman–Crippen MR) is 261 cm³/mol. The van der Waals surface area contributed by atoms with Crippen molar-refractivity contribution in [2.24, 2.45) is 44.4 Å². The van der Waals surface area contributed by atoms with Crippen LogP contribution in [0.4, 0.5) is 0 Å². The number of nitrogens with one attached hydrogen (secondary N) is 6. The number of nitrogens with zero attached hydrogens (tertiary/aromatic N) is 3. The van der Waals surface area contributed by atoms with Crippen LogP contribution < -0.4 is 66.3 Å². The van der Waals surface area contributed by atoms with E-state index in [0.717, 1.165) is 0 Å². The number of primary amides is 1. The summed E-state index contributed by atoms with van der Waals surface area (Å²) in [7, 11) is 0. The number of nitrogens with two attached hydrogens (primary N) is 6. The number of hydrogen-bond acceptors (Lipinski definition) is 13. The molecule has 2 aromatic carbocycles. The van der Waals surface area contributed by atoms with E-state index in [-0.39, 0.29) is 87.9 Å². The van der Waals surface area contributed by atoms with Gasteiger partial charge in [-0.05, 0) is 98.5 Å². The van der Waals surface area contributed by atoms with Crippen molar-refractivity contribution in [3.8, 4) is 11.5 Å². The summed E-state index contributed by atoms with van der Waals surface area (Å²) in [5.41, 5.74) is 34.7. The Hall–Kier alpha value is -8.02. The van der Waals surface area contributed by atoms with Crippen molar-refractivity contribution >= 4 is 53.3 Å². The summed E-state index contributed by atoms with van der Waals surface area (Å²) in [6.07, 6.45) is 4.28. The molecule has 0 fully saturated rings. The molecule has 0 unspecified atom stereocenters. The van der Waals surface area contributed by atoms with Crippen LogP contribution in [0.3, 0.4) is 0 Å². The lowest BCUT2D eigenvalue weighted by Gasteiger charge is -2.28. The molecule has 7 amide bonds. The number of aliphatic imine (C=N–C) groups is 2. The summed E-state index contributed by atoms with van der Waals surface area (Å²) < 4.78 is 0. The van der Waals surface area contributed by atoms with Crippen LogP contribution in [0.2, 0.25) is 0 Å². The lowest BCUT2D eigenvalue weighted by Crippen LogP contribution is -2.60. The minimum atomic E-state index is -1.45. The highest BCUT2D eigenvalue weighted by Gasteiger charge is 2.34. The lowest BCUT2D eigenvalue weighted by atomic mass is 10.0. The van der Waals surface area contributed by atoms with Gasteiger partial charge in [0.25, 0.3) is 0 Å². The number of aromatic hydroxyl groups is 2. The van der Waals surface area contributed by atoms with Gasteiger partial charge in [0.05, 0.1) is 0 Å². The lowest BCUT2D eigenvalue weighted by molar-refractivity contribution is -0.135. The van der Waals surface area contributed by atoms with E-state index in [1.807, 2.05) is 0 Å². The van der Waals surface area contributed by atoms with E-state index in [1.165, 1.54) is 67.8 Å². The van der Waals surface area contributed by atoms with Crippen molar-refractivity contribution in [3.63, 3.8) is 0 Å². The van der Waals surface area contributed by atoms with Crippen molar-refractivity contribution in [2.45, 2.75) is 107 Å². The van der Waals surface area contributed by atoms with Gasteiger partial charge in [-0.25, -0.2) is 0 Å². The van der Waals surface area contributed by atoms with Crippen molar-refractivity contribution in [2.75, 3.05) is 19.6 Å². The fourth-order valence-electron chi connectivity index (χ4n) is 7.05. The van der Waals surface area contributed by atoms with Crippen LogP contribution in [0.25, 0.3) is 0 Å². The number of guanidine groups is 2. The second kappa shape index (κ2) is 29.7. The zero-order valence-electron chi connectivity index (χ0n) is 39.1.